The first-order valence-corrected chi connectivity index (χ1v) is 9.36. The van der Waals surface area contributed by atoms with Crippen LogP contribution >= 0.6 is 27.5 Å². The van der Waals surface area contributed by atoms with E-state index in [2.05, 4.69) is 15.9 Å². The minimum atomic E-state index is -5.03. The van der Waals surface area contributed by atoms with E-state index in [1.165, 1.54) is 53.7 Å². The topological polar surface area (TPSA) is 55.8 Å². The second kappa shape index (κ2) is 8.49. The molecule has 1 rings (SSSR count). The molecule has 0 aliphatic heterocycles. The molecule has 1 aromatic carbocycles. The summed E-state index contributed by atoms with van der Waals surface area (Å²) in [6.07, 6.45) is -8.01. The number of amides is 2. The molecule has 28 heavy (non-hydrogen) atoms. The normalized spacial score (nSPS) is 13.7. The summed E-state index contributed by atoms with van der Waals surface area (Å²) in [6.45, 7) is 8.81. The maximum absolute atomic E-state index is 14.0. The molecule has 5 nitrogen and oxygen atoms in total. The number of imide groups is 1. The minimum Gasteiger partial charge on any atom is -0.443 e. The number of nitrogens with zero attached hydrogens (tertiary/aromatic N) is 1. The van der Waals surface area contributed by atoms with Gasteiger partial charge in [-0.1, -0.05) is 27.5 Å². The van der Waals surface area contributed by atoms with Crippen molar-refractivity contribution in [2.24, 2.45) is 0 Å². The molecule has 0 bridgehead atoms. The Labute approximate surface area is 175 Å². The van der Waals surface area contributed by atoms with E-state index in [0.29, 0.717) is 0 Å². The summed E-state index contributed by atoms with van der Waals surface area (Å²) >= 11 is 8.87. The molecule has 0 N–H and O–H groups in total. The lowest BCUT2D eigenvalue weighted by Crippen LogP contribution is -2.49. The molecule has 0 aliphatic rings. The van der Waals surface area contributed by atoms with Gasteiger partial charge in [-0.25, -0.2) is 9.59 Å². The Morgan fingerprint density at radius 3 is 1.79 bits per heavy atom. The first-order valence-electron chi connectivity index (χ1n) is 8.19. The second-order valence-electron chi connectivity index (χ2n) is 7.94. The van der Waals surface area contributed by atoms with E-state index in [-0.39, 0.29) is 14.4 Å². The standard InChI is InChI=1S/C18H22BrClF3NO4/c1-16(2,3)27-14(25)24(15(26)28-17(4,5)6)13(18(21,22)23)11-9-10(20)7-8-12(11)19/h7-9,13H,1-6H3. The van der Waals surface area contributed by atoms with Crippen molar-refractivity contribution in [2.45, 2.75) is 65.0 Å². The molecule has 0 saturated heterocycles. The van der Waals surface area contributed by atoms with E-state index in [1.54, 1.807) is 0 Å². The van der Waals surface area contributed by atoms with E-state index in [9.17, 15) is 22.8 Å². The van der Waals surface area contributed by atoms with Crippen LogP contribution in [0.25, 0.3) is 0 Å². The van der Waals surface area contributed by atoms with Gasteiger partial charge in [0.2, 0.25) is 0 Å². The molecule has 0 spiro atoms. The Balaban J connectivity index is 3.61. The molecule has 158 valence electrons. The fourth-order valence-electron chi connectivity index (χ4n) is 2.09. The summed E-state index contributed by atoms with van der Waals surface area (Å²) in [7, 11) is 0. The average molecular weight is 489 g/mol. The molecule has 10 heteroatoms. The van der Waals surface area contributed by atoms with Gasteiger partial charge in [0.05, 0.1) is 0 Å². The Kier molecular flexibility index (Phi) is 7.44. The third-order valence-electron chi connectivity index (χ3n) is 3.00. The van der Waals surface area contributed by atoms with E-state index < -0.39 is 41.2 Å². The Morgan fingerprint density at radius 2 is 1.43 bits per heavy atom. The van der Waals surface area contributed by atoms with E-state index in [1.807, 2.05) is 0 Å². The fraction of sp³-hybridized carbons (Fsp3) is 0.556. The van der Waals surface area contributed by atoms with Crippen LogP contribution in [0.2, 0.25) is 5.02 Å². The predicted molar refractivity (Wildman–Crippen MR) is 102 cm³/mol. The number of rotatable bonds is 2. The highest BCUT2D eigenvalue weighted by atomic mass is 79.9. The van der Waals surface area contributed by atoms with Crippen LogP contribution in [0, 0.1) is 0 Å². The third kappa shape index (κ3) is 7.16. The van der Waals surface area contributed by atoms with Crippen molar-refractivity contribution in [3.8, 4) is 0 Å². The lowest BCUT2D eigenvalue weighted by atomic mass is 10.1. The van der Waals surface area contributed by atoms with Gasteiger partial charge in [0, 0.05) is 15.1 Å². The van der Waals surface area contributed by atoms with E-state index in [4.69, 9.17) is 21.1 Å². The van der Waals surface area contributed by atoms with Gasteiger partial charge >= 0.3 is 18.4 Å². The highest BCUT2D eigenvalue weighted by Gasteiger charge is 2.52. The Bertz CT molecular complexity index is 714. The van der Waals surface area contributed by atoms with Gasteiger partial charge < -0.3 is 9.47 Å². The van der Waals surface area contributed by atoms with Gasteiger partial charge in [-0.05, 0) is 59.7 Å². The van der Waals surface area contributed by atoms with Crippen LogP contribution in [0.5, 0.6) is 0 Å². The SMILES string of the molecule is CC(C)(C)OC(=O)N(C(=O)OC(C)(C)C)C(c1cc(Cl)ccc1Br)C(F)(F)F. The molecule has 0 fully saturated rings. The number of benzene rings is 1. The van der Waals surface area contributed by atoms with Gasteiger partial charge in [-0.2, -0.15) is 18.1 Å². The summed E-state index contributed by atoms with van der Waals surface area (Å²) < 4.78 is 52.2. The Morgan fingerprint density at radius 1 is 1.00 bits per heavy atom. The molecule has 1 atom stereocenters. The highest BCUT2D eigenvalue weighted by Crippen LogP contribution is 2.42. The maximum atomic E-state index is 14.0. The van der Waals surface area contributed by atoms with E-state index in [0.717, 1.165) is 6.07 Å². The zero-order chi connectivity index (χ0) is 22.1. The average Bonchev–Trinajstić information content (AvgIpc) is 2.42. The summed E-state index contributed by atoms with van der Waals surface area (Å²) in [5.41, 5.74) is -2.71. The largest absolute Gasteiger partial charge is 0.443 e. The first-order chi connectivity index (χ1) is 12.4. The fourth-order valence-corrected chi connectivity index (χ4v) is 2.74. The maximum Gasteiger partial charge on any atom is 0.420 e. The zero-order valence-electron chi connectivity index (χ0n) is 16.3. The lowest BCUT2D eigenvalue weighted by Gasteiger charge is -2.34. The number of hydrogen-bond donors (Lipinski definition) is 0. The molecular formula is C18H22BrClF3NO4. The van der Waals surface area contributed by atoms with Crippen LogP contribution in [0.1, 0.15) is 53.1 Å². The van der Waals surface area contributed by atoms with Crippen LogP contribution < -0.4 is 0 Å². The van der Waals surface area contributed by atoms with Gasteiger partial charge in [0.1, 0.15) is 11.2 Å². The minimum absolute atomic E-state index is 0.000720. The van der Waals surface area contributed by atoms with Gasteiger partial charge in [0.15, 0.2) is 6.04 Å². The first kappa shape index (κ1) is 24.6. The number of hydrogen-bond acceptors (Lipinski definition) is 4. The van der Waals surface area contributed by atoms with Crippen LogP contribution in [0.4, 0.5) is 22.8 Å². The van der Waals surface area contributed by atoms with Gasteiger partial charge in [0.25, 0.3) is 0 Å². The number of alkyl halides is 3. The summed E-state index contributed by atoms with van der Waals surface area (Å²) in [5, 5.41) is 0.000720. The van der Waals surface area contributed by atoms with Crippen molar-refractivity contribution in [1.82, 2.24) is 4.90 Å². The summed E-state index contributed by atoms with van der Waals surface area (Å²) in [4.78, 5) is 25.1. The van der Waals surface area contributed by atoms with Crippen molar-refractivity contribution in [3.63, 3.8) is 0 Å². The van der Waals surface area contributed by atoms with Gasteiger partial charge in [-0.3, -0.25) is 0 Å². The molecule has 0 aliphatic carbocycles. The molecule has 0 saturated carbocycles. The molecule has 1 aromatic rings. The molecule has 0 radical (unpaired) electrons. The number of carbonyl (C=O) groups excluding carboxylic acids is 2. The van der Waals surface area contributed by atoms with E-state index >= 15 is 0 Å². The monoisotopic (exact) mass is 487 g/mol. The van der Waals surface area contributed by atoms with Crippen molar-refractivity contribution < 1.29 is 32.2 Å². The van der Waals surface area contributed by atoms with Crippen molar-refractivity contribution in [2.75, 3.05) is 0 Å². The number of halogens is 5. The van der Waals surface area contributed by atoms with Crippen LogP contribution in [0.3, 0.4) is 0 Å². The second-order valence-corrected chi connectivity index (χ2v) is 9.23. The summed E-state index contributed by atoms with van der Waals surface area (Å²) in [5.74, 6) is 0. The molecule has 1 unspecified atom stereocenters. The quantitative estimate of drug-likeness (QED) is 0.455. The van der Waals surface area contributed by atoms with Crippen molar-refractivity contribution in [1.29, 1.82) is 0 Å². The predicted octanol–water partition coefficient (Wildman–Crippen LogP) is 6.88. The third-order valence-corrected chi connectivity index (χ3v) is 3.96. The van der Waals surface area contributed by atoms with Gasteiger partial charge in [-0.15, -0.1) is 0 Å². The summed E-state index contributed by atoms with van der Waals surface area (Å²) in [6, 6.07) is 1.00. The van der Waals surface area contributed by atoms with Crippen molar-refractivity contribution >= 4 is 39.7 Å². The molecule has 0 heterocycles. The lowest BCUT2D eigenvalue weighted by molar-refractivity contribution is -0.180. The molecule has 2 amide bonds. The highest BCUT2D eigenvalue weighted by molar-refractivity contribution is 9.10. The van der Waals surface area contributed by atoms with Crippen LogP contribution in [-0.4, -0.2) is 34.5 Å². The van der Waals surface area contributed by atoms with Crippen LogP contribution in [0.15, 0.2) is 22.7 Å². The number of ether oxygens (including phenoxy) is 2. The smallest absolute Gasteiger partial charge is 0.420 e. The van der Waals surface area contributed by atoms with Crippen LogP contribution in [-0.2, 0) is 9.47 Å². The molecular weight excluding hydrogens is 467 g/mol. The molecule has 0 aromatic heterocycles. The number of carbonyl (C=O) groups is 2. The Hall–Kier alpha value is -1.48. The van der Waals surface area contributed by atoms with Crippen molar-refractivity contribution in [3.05, 3.63) is 33.3 Å². The zero-order valence-corrected chi connectivity index (χ0v) is 18.6.